The second kappa shape index (κ2) is 8.01. The number of nitrogens with zero attached hydrogens (tertiary/aromatic N) is 2. The maximum atomic E-state index is 13.0. The first-order chi connectivity index (χ1) is 12.8. The van der Waals surface area contributed by atoms with Crippen LogP contribution >= 0.6 is 11.3 Å². The second-order valence-electron chi connectivity index (χ2n) is 6.40. The van der Waals surface area contributed by atoms with E-state index in [4.69, 9.17) is 0 Å². The molecule has 1 atom stereocenters. The molecular weight excluding hydrogens is 391 g/mol. The molecule has 146 valence electrons. The predicted molar refractivity (Wildman–Crippen MR) is 102 cm³/mol. The highest BCUT2D eigenvalue weighted by Gasteiger charge is 2.26. The van der Waals surface area contributed by atoms with Crippen molar-refractivity contribution in [3.05, 3.63) is 40.7 Å². The number of fused-ring (bicyclic) bond motifs is 1. The van der Waals surface area contributed by atoms with E-state index in [0.717, 1.165) is 54.3 Å². The highest BCUT2D eigenvalue weighted by atomic mass is 32.2. The zero-order valence-corrected chi connectivity index (χ0v) is 16.7. The maximum absolute atomic E-state index is 13.0. The summed E-state index contributed by atoms with van der Waals surface area (Å²) in [5.74, 6) is -1.00. The number of rotatable bonds is 6. The lowest BCUT2D eigenvalue weighted by molar-refractivity contribution is -0.117. The van der Waals surface area contributed by atoms with Gasteiger partial charge in [0.15, 0.2) is 5.13 Å². The Bertz CT molecular complexity index is 928. The maximum Gasteiger partial charge on any atom is 0.244 e. The lowest BCUT2D eigenvalue weighted by Gasteiger charge is -2.20. The molecule has 1 amide bonds. The van der Waals surface area contributed by atoms with E-state index >= 15 is 0 Å². The lowest BCUT2D eigenvalue weighted by atomic mass is 10.2. The topological polar surface area (TPSA) is 91.4 Å². The van der Waals surface area contributed by atoms with Crippen LogP contribution in [0.15, 0.2) is 29.2 Å². The quantitative estimate of drug-likeness (QED) is 0.757. The molecule has 1 aliphatic rings. The summed E-state index contributed by atoms with van der Waals surface area (Å²) in [6, 6.07) is 3.49. The molecule has 0 saturated heterocycles. The van der Waals surface area contributed by atoms with Gasteiger partial charge in [-0.15, -0.1) is 11.3 Å². The van der Waals surface area contributed by atoms with Crippen LogP contribution in [0.4, 0.5) is 9.52 Å². The van der Waals surface area contributed by atoms with Crippen LogP contribution in [0.2, 0.25) is 0 Å². The Balaban J connectivity index is 1.70. The molecule has 1 unspecified atom stereocenters. The number of halogens is 1. The van der Waals surface area contributed by atoms with Crippen LogP contribution in [0.3, 0.4) is 0 Å². The highest BCUT2D eigenvalue weighted by molar-refractivity contribution is 7.89. The van der Waals surface area contributed by atoms with E-state index in [9.17, 15) is 17.6 Å². The van der Waals surface area contributed by atoms with Crippen molar-refractivity contribution in [1.82, 2.24) is 14.6 Å². The molecule has 7 nitrogen and oxygen atoms in total. The number of hydrogen-bond donors (Lipinski definition) is 2. The first kappa shape index (κ1) is 19.9. The molecule has 1 aromatic carbocycles. The van der Waals surface area contributed by atoms with Crippen molar-refractivity contribution < 1.29 is 17.6 Å². The molecule has 2 heterocycles. The number of aromatic nitrogens is 1. The number of likely N-dealkylation sites (N-methyl/N-ethyl adjacent to an activating group) is 1. The van der Waals surface area contributed by atoms with Crippen molar-refractivity contribution in [1.29, 1.82) is 0 Å². The van der Waals surface area contributed by atoms with Crippen LogP contribution in [0.25, 0.3) is 0 Å². The number of carbonyl (C=O) groups excluding carboxylic acids is 1. The molecule has 0 fully saturated rings. The SMILES string of the molecule is CCC(NS(=O)(=O)c1ccc(F)cc1)C(=O)Nc1nc2c(s1)CN(C)CC2. The summed E-state index contributed by atoms with van der Waals surface area (Å²) in [5, 5.41) is 3.18. The summed E-state index contributed by atoms with van der Waals surface area (Å²) in [6.07, 6.45) is 1.09. The fraction of sp³-hybridized carbons (Fsp3) is 0.412. The Labute approximate surface area is 161 Å². The molecule has 0 saturated carbocycles. The van der Waals surface area contributed by atoms with Crippen LogP contribution in [-0.4, -0.2) is 43.8 Å². The van der Waals surface area contributed by atoms with Crippen molar-refractivity contribution >= 4 is 32.4 Å². The number of sulfonamides is 1. The van der Waals surface area contributed by atoms with Crippen LogP contribution in [0, 0.1) is 5.82 Å². The van der Waals surface area contributed by atoms with Crippen molar-refractivity contribution in [3.8, 4) is 0 Å². The molecule has 0 spiro atoms. The van der Waals surface area contributed by atoms with Gasteiger partial charge < -0.3 is 10.2 Å². The second-order valence-corrected chi connectivity index (χ2v) is 9.20. The fourth-order valence-corrected chi connectivity index (χ4v) is 5.13. The molecule has 10 heteroatoms. The number of nitrogens with one attached hydrogen (secondary N) is 2. The number of benzene rings is 1. The lowest BCUT2D eigenvalue weighted by Crippen LogP contribution is -2.43. The van der Waals surface area contributed by atoms with Gasteiger partial charge in [-0.2, -0.15) is 4.72 Å². The number of thiazole rings is 1. The third kappa shape index (κ3) is 4.70. The van der Waals surface area contributed by atoms with Gasteiger partial charge >= 0.3 is 0 Å². The van der Waals surface area contributed by atoms with Crippen LogP contribution in [0.5, 0.6) is 0 Å². The Hall–Kier alpha value is -1.88. The van der Waals surface area contributed by atoms with Gasteiger partial charge in [-0.3, -0.25) is 4.79 Å². The average Bonchev–Trinajstić information content (AvgIpc) is 3.01. The van der Waals surface area contributed by atoms with E-state index in [0.29, 0.717) is 5.13 Å². The Morgan fingerprint density at radius 3 is 2.74 bits per heavy atom. The predicted octanol–water partition coefficient (Wildman–Crippen LogP) is 1.97. The smallest absolute Gasteiger partial charge is 0.244 e. The van der Waals surface area contributed by atoms with Crippen molar-refractivity contribution in [2.75, 3.05) is 18.9 Å². The normalized spacial score (nSPS) is 16.0. The molecule has 1 aromatic heterocycles. The molecule has 0 radical (unpaired) electrons. The van der Waals surface area contributed by atoms with Gasteiger partial charge in [0, 0.05) is 24.4 Å². The summed E-state index contributed by atoms with van der Waals surface area (Å²) >= 11 is 1.41. The van der Waals surface area contributed by atoms with E-state index in [1.54, 1.807) is 6.92 Å². The molecule has 1 aliphatic heterocycles. The molecule has 2 aromatic rings. The third-order valence-electron chi connectivity index (χ3n) is 4.30. The van der Waals surface area contributed by atoms with E-state index < -0.39 is 27.8 Å². The number of amides is 1. The van der Waals surface area contributed by atoms with E-state index in [1.165, 1.54) is 11.3 Å². The zero-order valence-electron chi connectivity index (χ0n) is 15.0. The minimum absolute atomic E-state index is 0.0945. The zero-order chi connectivity index (χ0) is 19.6. The number of carbonyl (C=O) groups is 1. The van der Waals surface area contributed by atoms with Crippen LogP contribution in [-0.2, 0) is 27.8 Å². The first-order valence-corrected chi connectivity index (χ1v) is 10.8. The average molecular weight is 413 g/mol. The Morgan fingerprint density at radius 1 is 1.37 bits per heavy atom. The summed E-state index contributed by atoms with van der Waals surface area (Å²) in [6.45, 7) is 3.41. The highest BCUT2D eigenvalue weighted by Crippen LogP contribution is 2.27. The standard InChI is InChI=1S/C17H21FN4O3S2/c1-3-13(21-27(24,25)12-6-4-11(18)5-7-12)16(23)20-17-19-14-8-9-22(2)10-15(14)26-17/h4-7,13,21H,3,8-10H2,1-2H3,(H,19,20,23). The van der Waals surface area contributed by atoms with Crippen molar-refractivity contribution in [2.45, 2.75) is 37.2 Å². The Kier molecular flexibility index (Phi) is 5.89. The monoisotopic (exact) mass is 412 g/mol. The Morgan fingerprint density at radius 2 is 2.07 bits per heavy atom. The summed E-state index contributed by atoms with van der Waals surface area (Å²) in [5.41, 5.74) is 0.980. The van der Waals surface area contributed by atoms with Gasteiger partial charge in [-0.05, 0) is 37.7 Å². The number of hydrogen-bond acceptors (Lipinski definition) is 6. The molecule has 0 bridgehead atoms. The molecule has 3 rings (SSSR count). The van der Waals surface area contributed by atoms with Gasteiger partial charge in [0.25, 0.3) is 0 Å². The van der Waals surface area contributed by atoms with E-state index in [2.05, 4.69) is 19.9 Å². The van der Waals surface area contributed by atoms with E-state index in [1.807, 2.05) is 7.05 Å². The first-order valence-electron chi connectivity index (χ1n) is 8.54. The van der Waals surface area contributed by atoms with Gasteiger partial charge in [0.1, 0.15) is 11.9 Å². The van der Waals surface area contributed by atoms with Gasteiger partial charge in [0.05, 0.1) is 10.6 Å². The molecule has 27 heavy (non-hydrogen) atoms. The minimum atomic E-state index is -3.94. The van der Waals surface area contributed by atoms with Crippen LogP contribution in [0.1, 0.15) is 23.9 Å². The number of anilines is 1. The van der Waals surface area contributed by atoms with E-state index in [-0.39, 0.29) is 11.3 Å². The summed E-state index contributed by atoms with van der Waals surface area (Å²) in [7, 11) is -1.91. The molecular formula is C17H21FN4O3S2. The summed E-state index contributed by atoms with van der Waals surface area (Å²) < 4.78 is 40.2. The minimum Gasteiger partial charge on any atom is -0.301 e. The summed E-state index contributed by atoms with van der Waals surface area (Å²) in [4.78, 5) is 20.2. The van der Waals surface area contributed by atoms with Crippen LogP contribution < -0.4 is 10.0 Å². The van der Waals surface area contributed by atoms with Gasteiger partial charge in [-0.1, -0.05) is 6.92 Å². The largest absolute Gasteiger partial charge is 0.301 e. The van der Waals surface area contributed by atoms with Crippen molar-refractivity contribution in [3.63, 3.8) is 0 Å². The van der Waals surface area contributed by atoms with Gasteiger partial charge in [0.2, 0.25) is 15.9 Å². The molecule has 0 aliphatic carbocycles. The van der Waals surface area contributed by atoms with Gasteiger partial charge in [-0.25, -0.2) is 17.8 Å². The van der Waals surface area contributed by atoms with Crippen molar-refractivity contribution in [2.24, 2.45) is 0 Å². The third-order valence-corrected chi connectivity index (χ3v) is 6.78. The molecule has 2 N–H and O–H groups in total. The fourth-order valence-electron chi connectivity index (χ4n) is 2.76.